The van der Waals surface area contributed by atoms with Crippen molar-refractivity contribution >= 4 is 16.9 Å². The maximum absolute atomic E-state index is 12.7. The molecule has 1 aliphatic rings. The first kappa shape index (κ1) is 16.6. The van der Waals surface area contributed by atoms with Crippen molar-refractivity contribution < 1.29 is 9.53 Å². The summed E-state index contributed by atoms with van der Waals surface area (Å²) >= 11 is 0. The Morgan fingerprint density at radius 1 is 1.04 bits per heavy atom. The highest BCUT2D eigenvalue weighted by Crippen LogP contribution is 2.18. The zero-order chi connectivity index (χ0) is 17.8. The lowest BCUT2D eigenvalue weighted by Crippen LogP contribution is -2.47. The minimum Gasteiger partial charge on any atom is -0.486 e. The summed E-state index contributed by atoms with van der Waals surface area (Å²) in [7, 11) is 0. The van der Waals surface area contributed by atoms with E-state index in [0.29, 0.717) is 6.61 Å². The predicted molar refractivity (Wildman–Crippen MR) is 100.0 cm³/mol. The van der Waals surface area contributed by atoms with E-state index in [0.717, 1.165) is 48.8 Å². The third-order valence-electron chi connectivity index (χ3n) is 4.61. The fourth-order valence-electron chi connectivity index (χ4n) is 3.23. The van der Waals surface area contributed by atoms with Crippen molar-refractivity contribution in [2.24, 2.45) is 0 Å². The van der Waals surface area contributed by atoms with Crippen LogP contribution in [0.1, 0.15) is 5.82 Å². The molecular weight excluding hydrogens is 328 g/mol. The highest BCUT2D eigenvalue weighted by atomic mass is 16.5. The Balaban J connectivity index is 1.58. The lowest BCUT2D eigenvalue weighted by molar-refractivity contribution is -0.132. The van der Waals surface area contributed by atoms with E-state index >= 15 is 0 Å². The van der Waals surface area contributed by atoms with Gasteiger partial charge in [-0.1, -0.05) is 30.3 Å². The molecule has 0 bridgehead atoms. The highest BCUT2D eigenvalue weighted by molar-refractivity contribution is 5.81. The van der Waals surface area contributed by atoms with Crippen LogP contribution in [0.4, 0.5) is 0 Å². The Bertz CT molecular complexity index is 885. The van der Waals surface area contributed by atoms with Gasteiger partial charge in [0.1, 0.15) is 24.7 Å². The Morgan fingerprint density at radius 3 is 2.58 bits per heavy atom. The molecule has 1 aliphatic heterocycles. The summed E-state index contributed by atoms with van der Waals surface area (Å²) in [5, 5.41) is 3.27. The Hall–Kier alpha value is -2.86. The number of piperazine rings is 1. The molecule has 0 saturated carbocycles. The van der Waals surface area contributed by atoms with E-state index in [1.165, 1.54) is 0 Å². The van der Waals surface area contributed by atoms with Crippen molar-refractivity contribution in [3.05, 3.63) is 60.4 Å². The Labute approximate surface area is 152 Å². The molecule has 4 rings (SSSR count). The van der Waals surface area contributed by atoms with Crippen LogP contribution in [0, 0.1) is 0 Å². The average Bonchev–Trinajstić information content (AvgIpc) is 3.05. The van der Waals surface area contributed by atoms with Gasteiger partial charge in [0.15, 0.2) is 0 Å². The number of imidazole rings is 1. The number of hydrogen-bond donors (Lipinski definition) is 1. The molecule has 0 radical (unpaired) electrons. The highest BCUT2D eigenvalue weighted by Gasteiger charge is 2.19. The van der Waals surface area contributed by atoms with E-state index in [-0.39, 0.29) is 12.5 Å². The van der Waals surface area contributed by atoms with E-state index in [2.05, 4.69) is 10.3 Å². The number of carbonyl (C=O) groups excluding carboxylic acids is 1. The van der Waals surface area contributed by atoms with Gasteiger partial charge in [-0.15, -0.1) is 0 Å². The van der Waals surface area contributed by atoms with Crippen molar-refractivity contribution in [2.75, 3.05) is 26.2 Å². The molecule has 1 N–H and O–H groups in total. The molecule has 1 amide bonds. The predicted octanol–water partition coefficient (Wildman–Crippen LogP) is 2.05. The van der Waals surface area contributed by atoms with Gasteiger partial charge in [0.2, 0.25) is 5.91 Å². The zero-order valence-corrected chi connectivity index (χ0v) is 14.6. The summed E-state index contributed by atoms with van der Waals surface area (Å²) in [4.78, 5) is 19.3. The second-order valence-corrected chi connectivity index (χ2v) is 6.34. The fraction of sp³-hybridized carbons (Fsp3) is 0.300. The standard InChI is InChI=1S/C20H22N4O2/c25-20(23-12-10-21-11-13-23)14-24-18-9-5-4-8-17(18)22-19(24)15-26-16-6-2-1-3-7-16/h1-9,21H,10-15H2. The monoisotopic (exact) mass is 350 g/mol. The van der Waals surface area contributed by atoms with Gasteiger partial charge in [-0.2, -0.15) is 0 Å². The van der Waals surface area contributed by atoms with Gasteiger partial charge in [0.05, 0.1) is 11.0 Å². The molecule has 0 aliphatic carbocycles. The number of fused-ring (bicyclic) bond motifs is 1. The van der Waals surface area contributed by atoms with Crippen LogP contribution in [0.25, 0.3) is 11.0 Å². The van der Waals surface area contributed by atoms with Crippen LogP contribution in [0.3, 0.4) is 0 Å². The number of ether oxygens (including phenoxy) is 1. The third kappa shape index (κ3) is 3.55. The maximum Gasteiger partial charge on any atom is 0.242 e. The number of nitrogens with zero attached hydrogens (tertiary/aromatic N) is 3. The number of para-hydroxylation sites is 3. The van der Waals surface area contributed by atoms with E-state index in [9.17, 15) is 4.79 Å². The molecule has 26 heavy (non-hydrogen) atoms. The first-order valence-electron chi connectivity index (χ1n) is 8.92. The van der Waals surface area contributed by atoms with Gasteiger partial charge >= 0.3 is 0 Å². The van der Waals surface area contributed by atoms with Crippen LogP contribution in [-0.4, -0.2) is 46.5 Å². The molecule has 2 aromatic carbocycles. The lowest BCUT2D eigenvalue weighted by Gasteiger charge is -2.27. The second-order valence-electron chi connectivity index (χ2n) is 6.34. The third-order valence-corrected chi connectivity index (χ3v) is 4.61. The van der Waals surface area contributed by atoms with Gasteiger partial charge in [-0.3, -0.25) is 4.79 Å². The van der Waals surface area contributed by atoms with Crippen LogP contribution in [0.15, 0.2) is 54.6 Å². The topological polar surface area (TPSA) is 59.4 Å². The summed E-state index contributed by atoms with van der Waals surface area (Å²) in [6, 6.07) is 17.5. The Kier molecular flexibility index (Phi) is 4.84. The molecule has 0 spiro atoms. The minimum absolute atomic E-state index is 0.121. The number of benzene rings is 2. The first-order valence-corrected chi connectivity index (χ1v) is 8.92. The Morgan fingerprint density at radius 2 is 1.77 bits per heavy atom. The zero-order valence-electron chi connectivity index (χ0n) is 14.6. The summed E-state index contributed by atoms with van der Waals surface area (Å²) < 4.78 is 7.85. The van der Waals surface area contributed by atoms with Crippen LogP contribution in [0.2, 0.25) is 0 Å². The molecule has 3 aromatic rings. The number of aromatic nitrogens is 2. The van der Waals surface area contributed by atoms with Gasteiger partial charge in [0.25, 0.3) is 0 Å². The van der Waals surface area contributed by atoms with E-state index in [1.54, 1.807) is 0 Å². The average molecular weight is 350 g/mol. The van der Waals surface area contributed by atoms with Gasteiger partial charge < -0.3 is 19.5 Å². The van der Waals surface area contributed by atoms with Crippen LogP contribution < -0.4 is 10.1 Å². The van der Waals surface area contributed by atoms with Crippen molar-refractivity contribution in [2.45, 2.75) is 13.2 Å². The SMILES string of the molecule is O=C(Cn1c(COc2ccccc2)nc2ccccc21)N1CCNCC1. The molecular formula is C20H22N4O2. The first-order chi connectivity index (χ1) is 12.8. The van der Waals surface area contributed by atoms with Crippen LogP contribution >= 0.6 is 0 Å². The van der Waals surface area contributed by atoms with Gasteiger partial charge in [0, 0.05) is 26.2 Å². The largest absolute Gasteiger partial charge is 0.486 e. The second kappa shape index (κ2) is 7.58. The number of carbonyl (C=O) groups is 1. The molecule has 6 nitrogen and oxygen atoms in total. The van der Waals surface area contributed by atoms with Crippen molar-refractivity contribution in [3.8, 4) is 5.75 Å². The summed E-state index contributed by atoms with van der Waals surface area (Å²) in [5.41, 5.74) is 1.84. The molecule has 2 heterocycles. The summed E-state index contributed by atoms with van der Waals surface area (Å²) in [5.74, 6) is 1.67. The number of hydrogen-bond acceptors (Lipinski definition) is 4. The minimum atomic E-state index is 0.121. The van der Waals surface area contributed by atoms with Gasteiger partial charge in [-0.05, 0) is 24.3 Å². The normalized spacial score (nSPS) is 14.5. The van der Waals surface area contributed by atoms with E-state index in [4.69, 9.17) is 4.74 Å². The summed E-state index contributed by atoms with van der Waals surface area (Å²) in [6.07, 6.45) is 0. The molecule has 1 saturated heterocycles. The lowest BCUT2D eigenvalue weighted by atomic mass is 10.3. The van der Waals surface area contributed by atoms with Gasteiger partial charge in [-0.25, -0.2) is 4.98 Å². The molecule has 1 aromatic heterocycles. The molecule has 134 valence electrons. The van der Waals surface area contributed by atoms with E-state index in [1.807, 2.05) is 64.1 Å². The smallest absolute Gasteiger partial charge is 0.242 e. The molecule has 0 unspecified atom stereocenters. The number of amides is 1. The number of rotatable bonds is 5. The molecule has 1 fully saturated rings. The van der Waals surface area contributed by atoms with Crippen molar-refractivity contribution in [3.63, 3.8) is 0 Å². The summed E-state index contributed by atoms with van der Waals surface area (Å²) in [6.45, 7) is 3.81. The van der Waals surface area contributed by atoms with Crippen molar-refractivity contribution in [1.82, 2.24) is 19.8 Å². The maximum atomic E-state index is 12.7. The quantitative estimate of drug-likeness (QED) is 0.765. The van der Waals surface area contributed by atoms with E-state index < -0.39 is 0 Å². The molecule has 0 atom stereocenters. The van der Waals surface area contributed by atoms with Crippen LogP contribution in [-0.2, 0) is 17.9 Å². The molecule has 6 heteroatoms. The fourth-order valence-corrected chi connectivity index (χ4v) is 3.23. The van der Waals surface area contributed by atoms with Crippen molar-refractivity contribution in [1.29, 1.82) is 0 Å². The number of nitrogens with one attached hydrogen (secondary N) is 1. The van der Waals surface area contributed by atoms with Crippen LogP contribution in [0.5, 0.6) is 5.75 Å².